The van der Waals surface area contributed by atoms with Crippen molar-refractivity contribution in [2.75, 3.05) is 46.5 Å². The summed E-state index contributed by atoms with van der Waals surface area (Å²) in [5.41, 5.74) is 0. The molecule has 0 aromatic carbocycles. The Kier molecular flexibility index (Phi) is 11.7. The minimum absolute atomic E-state index is 0.160. The molecule has 0 rings (SSSR count). The van der Waals surface area contributed by atoms with Gasteiger partial charge in [-0.05, 0) is 25.8 Å². The summed E-state index contributed by atoms with van der Waals surface area (Å²) >= 11 is 0. The van der Waals surface area contributed by atoms with Gasteiger partial charge in [0, 0.05) is 26.7 Å². The van der Waals surface area contributed by atoms with E-state index < -0.39 is 0 Å². The van der Waals surface area contributed by atoms with Gasteiger partial charge in [0.25, 0.3) is 0 Å². The topological polar surface area (TPSA) is 50.8 Å². The molecule has 5 nitrogen and oxygen atoms in total. The molecule has 0 aromatic rings. The highest BCUT2D eigenvalue weighted by molar-refractivity contribution is 5.76. The van der Waals surface area contributed by atoms with Gasteiger partial charge in [0.1, 0.15) is 6.04 Å². The van der Waals surface area contributed by atoms with E-state index in [0.717, 1.165) is 26.1 Å². The maximum Gasteiger partial charge on any atom is 0.324 e. The van der Waals surface area contributed by atoms with E-state index in [9.17, 15) is 4.79 Å². The van der Waals surface area contributed by atoms with Crippen LogP contribution in [0.4, 0.5) is 0 Å². The second-order valence-corrected chi connectivity index (χ2v) is 5.40. The monoisotopic (exact) mass is 288 g/mol. The van der Waals surface area contributed by atoms with Crippen molar-refractivity contribution < 1.29 is 14.3 Å². The normalized spacial score (nSPS) is 12.9. The molecule has 1 N–H and O–H groups in total. The van der Waals surface area contributed by atoms with Crippen molar-refractivity contribution in [1.29, 1.82) is 0 Å². The fourth-order valence-corrected chi connectivity index (χ4v) is 2.04. The van der Waals surface area contributed by atoms with Crippen molar-refractivity contribution in [3.05, 3.63) is 0 Å². The standard InChI is InChI=1S/C15H32N2O3/c1-6-8-16-14(15(18)20-7-2)12-17(9-10-19-5)11-13(3)4/h13-14,16H,6-12H2,1-5H3. The average Bonchev–Trinajstić information content (AvgIpc) is 2.40. The molecular weight excluding hydrogens is 256 g/mol. The van der Waals surface area contributed by atoms with E-state index in [4.69, 9.17) is 9.47 Å². The van der Waals surface area contributed by atoms with Crippen molar-refractivity contribution in [2.45, 2.75) is 40.2 Å². The summed E-state index contributed by atoms with van der Waals surface area (Å²) in [4.78, 5) is 14.3. The highest BCUT2D eigenvalue weighted by Crippen LogP contribution is 2.02. The van der Waals surface area contributed by atoms with Crippen LogP contribution in [0.5, 0.6) is 0 Å². The lowest BCUT2D eigenvalue weighted by molar-refractivity contribution is -0.146. The lowest BCUT2D eigenvalue weighted by Crippen LogP contribution is -2.48. The SMILES string of the molecule is CCCNC(CN(CCOC)CC(C)C)C(=O)OCC. The molecule has 0 saturated carbocycles. The van der Waals surface area contributed by atoms with Crippen molar-refractivity contribution in [1.82, 2.24) is 10.2 Å². The van der Waals surface area contributed by atoms with Gasteiger partial charge in [0.05, 0.1) is 13.2 Å². The van der Waals surface area contributed by atoms with Gasteiger partial charge in [-0.2, -0.15) is 0 Å². The third-order valence-corrected chi connectivity index (χ3v) is 2.89. The fraction of sp³-hybridized carbons (Fsp3) is 0.933. The molecule has 0 saturated heterocycles. The molecule has 0 bridgehead atoms. The van der Waals surface area contributed by atoms with Gasteiger partial charge in [-0.1, -0.05) is 20.8 Å². The zero-order chi connectivity index (χ0) is 15.4. The van der Waals surface area contributed by atoms with Crippen molar-refractivity contribution in [3.8, 4) is 0 Å². The van der Waals surface area contributed by atoms with E-state index in [0.29, 0.717) is 25.7 Å². The molecule has 120 valence electrons. The second-order valence-electron chi connectivity index (χ2n) is 5.40. The summed E-state index contributed by atoms with van der Waals surface area (Å²) in [6, 6.07) is -0.259. The Bertz CT molecular complexity index is 247. The third-order valence-electron chi connectivity index (χ3n) is 2.89. The summed E-state index contributed by atoms with van der Waals surface area (Å²) in [7, 11) is 1.70. The molecular formula is C15H32N2O3. The van der Waals surface area contributed by atoms with Gasteiger partial charge in [-0.3, -0.25) is 9.69 Å². The quantitative estimate of drug-likeness (QED) is 0.552. The van der Waals surface area contributed by atoms with Gasteiger partial charge in [0.15, 0.2) is 0 Å². The van der Waals surface area contributed by atoms with Gasteiger partial charge >= 0.3 is 5.97 Å². The Morgan fingerprint density at radius 1 is 1.25 bits per heavy atom. The lowest BCUT2D eigenvalue weighted by Gasteiger charge is -2.28. The first-order chi connectivity index (χ1) is 9.54. The second kappa shape index (κ2) is 12.1. The molecule has 0 aliphatic carbocycles. The van der Waals surface area contributed by atoms with Crippen molar-refractivity contribution in [3.63, 3.8) is 0 Å². The van der Waals surface area contributed by atoms with Crippen molar-refractivity contribution in [2.24, 2.45) is 5.92 Å². The largest absolute Gasteiger partial charge is 0.465 e. The number of nitrogens with zero attached hydrogens (tertiary/aromatic N) is 1. The number of hydrogen-bond acceptors (Lipinski definition) is 5. The molecule has 0 radical (unpaired) electrons. The molecule has 0 aromatic heterocycles. The number of methoxy groups -OCH3 is 1. The Balaban J connectivity index is 4.53. The van der Waals surface area contributed by atoms with Crippen LogP contribution in [0.25, 0.3) is 0 Å². The summed E-state index contributed by atoms with van der Waals surface area (Å²) < 4.78 is 10.3. The lowest BCUT2D eigenvalue weighted by atomic mass is 10.2. The van der Waals surface area contributed by atoms with Crippen LogP contribution in [0.1, 0.15) is 34.1 Å². The van der Waals surface area contributed by atoms with Crippen LogP contribution >= 0.6 is 0 Å². The predicted octanol–water partition coefficient (Wildman–Crippen LogP) is 1.52. The van der Waals surface area contributed by atoms with E-state index in [-0.39, 0.29) is 12.0 Å². The van der Waals surface area contributed by atoms with Crippen LogP contribution in [0.3, 0.4) is 0 Å². The number of hydrogen-bond donors (Lipinski definition) is 1. The van der Waals surface area contributed by atoms with Gasteiger partial charge in [-0.25, -0.2) is 0 Å². The first-order valence-corrected chi connectivity index (χ1v) is 7.66. The van der Waals surface area contributed by atoms with Crippen LogP contribution in [-0.2, 0) is 14.3 Å². The van der Waals surface area contributed by atoms with E-state index in [1.807, 2.05) is 6.92 Å². The molecule has 0 heterocycles. The zero-order valence-corrected chi connectivity index (χ0v) is 13.8. The molecule has 1 unspecified atom stereocenters. The van der Waals surface area contributed by atoms with Crippen LogP contribution in [0, 0.1) is 5.92 Å². The number of ether oxygens (including phenoxy) is 2. The van der Waals surface area contributed by atoms with Crippen molar-refractivity contribution >= 4 is 5.97 Å². The highest BCUT2D eigenvalue weighted by Gasteiger charge is 2.22. The smallest absolute Gasteiger partial charge is 0.324 e. The molecule has 0 fully saturated rings. The summed E-state index contributed by atoms with van der Waals surface area (Å²) in [5, 5.41) is 3.28. The summed E-state index contributed by atoms with van der Waals surface area (Å²) in [6.45, 7) is 12.7. The first kappa shape index (κ1) is 19.4. The number of carbonyl (C=O) groups excluding carboxylic acids is 1. The van der Waals surface area contributed by atoms with E-state index >= 15 is 0 Å². The van der Waals surface area contributed by atoms with Crippen LogP contribution in [-0.4, -0.2) is 63.4 Å². The molecule has 0 aliphatic rings. The molecule has 5 heteroatoms. The highest BCUT2D eigenvalue weighted by atomic mass is 16.5. The maximum atomic E-state index is 12.0. The van der Waals surface area contributed by atoms with Gasteiger partial charge in [-0.15, -0.1) is 0 Å². The van der Waals surface area contributed by atoms with E-state index in [1.165, 1.54) is 0 Å². The van der Waals surface area contributed by atoms with Gasteiger partial charge < -0.3 is 14.8 Å². The number of rotatable bonds is 12. The molecule has 1 atom stereocenters. The number of carbonyl (C=O) groups is 1. The maximum absolute atomic E-state index is 12.0. The van der Waals surface area contributed by atoms with Crippen LogP contribution in [0.15, 0.2) is 0 Å². The Morgan fingerprint density at radius 3 is 2.45 bits per heavy atom. The van der Waals surface area contributed by atoms with Crippen LogP contribution in [0.2, 0.25) is 0 Å². The Labute approximate surface area is 124 Å². The van der Waals surface area contributed by atoms with E-state index in [1.54, 1.807) is 7.11 Å². The molecule has 0 aliphatic heterocycles. The minimum atomic E-state index is -0.259. The summed E-state index contributed by atoms with van der Waals surface area (Å²) in [5.74, 6) is 0.396. The minimum Gasteiger partial charge on any atom is -0.465 e. The molecule has 0 spiro atoms. The molecule has 0 amide bonds. The third kappa shape index (κ3) is 9.28. The predicted molar refractivity (Wildman–Crippen MR) is 81.9 cm³/mol. The summed E-state index contributed by atoms with van der Waals surface area (Å²) in [6.07, 6.45) is 0.998. The fourth-order valence-electron chi connectivity index (χ4n) is 2.04. The Hall–Kier alpha value is -0.650. The molecule has 20 heavy (non-hydrogen) atoms. The van der Waals surface area contributed by atoms with E-state index in [2.05, 4.69) is 31.0 Å². The number of esters is 1. The Morgan fingerprint density at radius 2 is 1.95 bits per heavy atom. The first-order valence-electron chi connectivity index (χ1n) is 7.66. The average molecular weight is 288 g/mol. The number of nitrogens with one attached hydrogen (secondary N) is 1. The van der Waals surface area contributed by atoms with Gasteiger partial charge in [0.2, 0.25) is 0 Å². The zero-order valence-electron chi connectivity index (χ0n) is 13.8. The van der Waals surface area contributed by atoms with Crippen LogP contribution < -0.4 is 5.32 Å².